The molecule has 0 bridgehead atoms. The van der Waals surface area contributed by atoms with Crippen LogP contribution in [0.1, 0.15) is 39.3 Å². The van der Waals surface area contributed by atoms with Gasteiger partial charge < -0.3 is 0 Å². The summed E-state index contributed by atoms with van der Waals surface area (Å²) < 4.78 is 0. The molecule has 0 aliphatic heterocycles. The normalized spacial score (nSPS) is 14.3. The van der Waals surface area contributed by atoms with Crippen LogP contribution in [0.5, 0.6) is 0 Å². The largest absolute Gasteiger partial charge is 0.298 e. The molecule has 0 saturated carbocycles. The van der Waals surface area contributed by atoms with Crippen LogP contribution in [0.3, 0.4) is 0 Å². The molecule has 0 aromatic carbocycles. The zero-order valence-electron chi connectivity index (χ0n) is 10.2. The van der Waals surface area contributed by atoms with E-state index in [2.05, 4.69) is 10.3 Å². The SMILES string of the molecule is Cc1csc(NC(=O)c2csc3c2CCCC3)n1. The Labute approximate surface area is 114 Å². The zero-order chi connectivity index (χ0) is 12.5. The molecule has 2 aromatic heterocycles. The Morgan fingerprint density at radius 2 is 2.11 bits per heavy atom. The highest BCUT2D eigenvalue weighted by atomic mass is 32.1. The van der Waals surface area contributed by atoms with Crippen LogP contribution in [0.25, 0.3) is 0 Å². The van der Waals surface area contributed by atoms with Crippen molar-refractivity contribution in [3.05, 3.63) is 32.5 Å². The monoisotopic (exact) mass is 278 g/mol. The Morgan fingerprint density at radius 1 is 1.28 bits per heavy atom. The van der Waals surface area contributed by atoms with Gasteiger partial charge in [0.2, 0.25) is 0 Å². The summed E-state index contributed by atoms with van der Waals surface area (Å²) in [5.41, 5.74) is 3.06. The Bertz CT molecular complexity index is 586. The smallest absolute Gasteiger partial charge is 0.258 e. The molecule has 0 unspecified atom stereocenters. The number of rotatable bonds is 2. The third-order valence-electron chi connectivity index (χ3n) is 3.15. The van der Waals surface area contributed by atoms with E-state index in [-0.39, 0.29) is 5.91 Å². The summed E-state index contributed by atoms with van der Waals surface area (Å²) >= 11 is 3.19. The van der Waals surface area contributed by atoms with E-state index in [1.165, 1.54) is 34.6 Å². The molecule has 1 aliphatic carbocycles. The maximum atomic E-state index is 12.2. The molecule has 0 fully saturated rings. The number of carbonyl (C=O) groups is 1. The molecule has 18 heavy (non-hydrogen) atoms. The third kappa shape index (κ3) is 2.20. The van der Waals surface area contributed by atoms with Gasteiger partial charge >= 0.3 is 0 Å². The highest BCUT2D eigenvalue weighted by Crippen LogP contribution is 2.30. The second-order valence-corrected chi connectivity index (χ2v) is 6.33. The van der Waals surface area contributed by atoms with Gasteiger partial charge in [0.05, 0.1) is 11.3 Å². The first-order chi connectivity index (χ1) is 8.74. The van der Waals surface area contributed by atoms with Gasteiger partial charge in [0, 0.05) is 15.6 Å². The number of nitrogens with one attached hydrogen (secondary N) is 1. The van der Waals surface area contributed by atoms with Crippen molar-refractivity contribution in [3.63, 3.8) is 0 Å². The van der Waals surface area contributed by atoms with Gasteiger partial charge in [0.1, 0.15) is 0 Å². The highest BCUT2D eigenvalue weighted by Gasteiger charge is 2.20. The maximum Gasteiger partial charge on any atom is 0.258 e. The molecule has 2 heterocycles. The lowest BCUT2D eigenvalue weighted by atomic mass is 9.96. The number of carbonyl (C=O) groups excluding carboxylic acids is 1. The minimum atomic E-state index is -0.0104. The summed E-state index contributed by atoms with van der Waals surface area (Å²) in [6, 6.07) is 0. The van der Waals surface area contributed by atoms with E-state index in [0.717, 1.165) is 24.1 Å². The summed E-state index contributed by atoms with van der Waals surface area (Å²) in [6.07, 6.45) is 4.61. The summed E-state index contributed by atoms with van der Waals surface area (Å²) in [4.78, 5) is 17.9. The number of thiazole rings is 1. The predicted molar refractivity (Wildman–Crippen MR) is 75.8 cm³/mol. The van der Waals surface area contributed by atoms with Gasteiger partial charge in [0.15, 0.2) is 5.13 Å². The van der Waals surface area contributed by atoms with E-state index >= 15 is 0 Å². The van der Waals surface area contributed by atoms with Gasteiger partial charge in [0.25, 0.3) is 5.91 Å². The average Bonchev–Trinajstić information content (AvgIpc) is 2.95. The molecular formula is C13H14N2OS2. The molecule has 2 aromatic rings. The van der Waals surface area contributed by atoms with Gasteiger partial charge in [-0.25, -0.2) is 4.98 Å². The molecule has 1 amide bonds. The second-order valence-electron chi connectivity index (χ2n) is 4.51. The lowest BCUT2D eigenvalue weighted by Crippen LogP contribution is -2.14. The predicted octanol–water partition coefficient (Wildman–Crippen LogP) is 3.64. The van der Waals surface area contributed by atoms with E-state index in [0.29, 0.717) is 5.13 Å². The summed E-state index contributed by atoms with van der Waals surface area (Å²) in [5.74, 6) is -0.0104. The quantitative estimate of drug-likeness (QED) is 0.911. The minimum absolute atomic E-state index is 0.0104. The molecule has 0 radical (unpaired) electrons. The van der Waals surface area contributed by atoms with Gasteiger partial charge in [-0.3, -0.25) is 10.1 Å². The van der Waals surface area contributed by atoms with E-state index in [1.54, 1.807) is 11.3 Å². The van der Waals surface area contributed by atoms with E-state index in [4.69, 9.17) is 0 Å². The summed E-state index contributed by atoms with van der Waals surface area (Å²) in [5, 5.41) is 7.51. The van der Waals surface area contributed by atoms with Crippen molar-refractivity contribution in [2.24, 2.45) is 0 Å². The zero-order valence-corrected chi connectivity index (χ0v) is 11.8. The first-order valence-corrected chi connectivity index (χ1v) is 7.82. The van der Waals surface area contributed by atoms with Crippen molar-refractivity contribution >= 4 is 33.7 Å². The van der Waals surface area contributed by atoms with Crippen molar-refractivity contribution in [2.45, 2.75) is 32.6 Å². The summed E-state index contributed by atoms with van der Waals surface area (Å²) in [6.45, 7) is 1.93. The number of thiophene rings is 1. The van der Waals surface area contributed by atoms with Crippen molar-refractivity contribution < 1.29 is 4.79 Å². The number of hydrogen-bond acceptors (Lipinski definition) is 4. The van der Waals surface area contributed by atoms with Crippen LogP contribution >= 0.6 is 22.7 Å². The van der Waals surface area contributed by atoms with Crippen molar-refractivity contribution in [1.29, 1.82) is 0 Å². The Kier molecular flexibility index (Phi) is 3.18. The average molecular weight is 278 g/mol. The van der Waals surface area contributed by atoms with Crippen LogP contribution < -0.4 is 5.32 Å². The van der Waals surface area contributed by atoms with Gasteiger partial charge in [-0.15, -0.1) is 22.7 Å². The van der Waals surface area contributed by atoms with Crippen molar-refractivity contribution in [2.75, 3.05) is 5.32 Å². The first kappa shape index (κ1) is 11.9. The molecule has 0 atom stereocenters. The molecule has 0 spiro atoms. The topological polar surface area (TPSA) is 42.0 Å². The molecule has 3 nitrogen and oxygen atoms in total. The number of amides is 1. The van der Waals surface area contributed by atoms with Crippen molar-refractivity contribution in [1.82, 2.24) is 4.98 Å². The number of aryl methyl sites for hydroxylation is 2. The second kappa shape index (κ2) is 4.82. The van der Waals surface area contributed by atoms with Crippen LogP contribution in [-0.4, -0.2) is 10.9 Å². The Balaban J connectivity index is 1.82. The molecule has 94 valence electrons. The van der Waals surface area contributed by atoms with Gasteiger partial charge in [-0.1, -0.05) is 0 Å². The molecule has 1 N–H and O–H groups in total. The minimum Gasteiger partial charge on any atom is -0.298 e. The molecular weight excluding hydrogens is 264 g/mol. The fourth-order valence-corrected chi connectivity index (χ4v) is 4.07. The Morgan fingerprint density at radius 3 is 2.89 bits per heavy atom. The molecule has 0 saturated heterocycles. The number of nitrogens with zero attached hydrogens (tertiary/aromatic N) is 1. The van der Waals surface area contributed by atoms with Crippen LogP contribution in [0.2, 0.25) is 0 Å². The van der Waals surface area contributed by atoms with Gasteiger partial charge in [-0.2, -0.15) is 0 Å². The van der Waals surface area contributed by atoms with Crippen LogP contribution in [-0.2, 0) is 12.8 Å². The van der Waals surface area contributed by atoms with Crippen LogP contribution in [0.4, 0.5) is 5.13 Å². The van der Waals surface area contributed by atoms with E-state index < -0.39 is 0 Å². The highest BCUT2D eigenvalue weighted by molar-refractivity contribution is 7.14. The van der Waals surface area contributed by atoms with E-state index in [9.17, 15) is 4.79 Å². The Hall–Kier alpha value is -1.20. The number of anilines is 1. The summed E-state index contributed by atoms with van der Waals surface area (Å²) in [7, 11) is 0. The first-order valence-electron chi connectivity index (χ1n) is 6.07. The molecule has 1 aliphatic rings. The van der Waals surface area contributed by atoms with Crippen LogP contribution in [0.15, 0.2) is 10.8 Å². The number of fused-ring (bicyclic) bond motifs is 1. The maximum absolute atomic E-state index is 12.2. The number of aromatic nitrogens is 1. The third-order valence-corrected chi connectivity index (χ3v) is 5.11. The fraction of sp³-hybridized carbons (Fsp3) is 0.385. The lowest BCUT2D eigenvalue weighted by Gasteiger charge is -2.12. The standard InChI is InChI=1S/C13H14N2OS2/c1-8-6-18-13(14-8)15-12(16)10-7-17-11-5-3-2-4-9(10)11/h6-7H,2-5H2,1H3,(H,14,15,16). The van der Waals surface area contributed by atoms with Crippen LogP contribution in [0, 0.1) is 6.92 Å². The van der Waals surface area contributed by atoms with Crippen molar-refractivity contribution in [3.8, 4) is 0 Å². The molecule has 5 heteroatoms. The fourth-order valence-electron chi connectivity index (χ4n) is 2.26. The lowest BCUT2D eigenvalue weighted by molar-refractivity contribution is 0.102. The molecule has 3 rings (SSSR count). The number of hydrogen-bond donors (Lipinski definition) is 1. The van der Waals surface area contributed by atoms with Gasteiger partial charge in [-0.05, 0) is 38.2 Å². The van der Waals surface area contributed by atoms with E-state index in [1.807, 2.05) is 17.7 Å².